The van der Waals surface area contributed by atoms with Crippen LogP contribution in [0.5, 0.6) is 0 Å². The molecule has 0 atom stereocenters. The van der Waals surface area contributed by atoms with E-state index in [4.69, 9.17) is 15.6 Å². The van der Waals surface area contributed by atoms with E-state index in [2.05, 4.69) is 11.3 Å². The summed E-state index contributed by atoms with van der Waals surface area (Å²) in [5.41, 5.74) is 7.28. The monoisotopic (exact) mass is 281 g/mol. The summed E-state index contributed by atoms with van der Waals surface area (Å²) in [7, 11) is 1.53. The smallest absolute Gasteiger partial charge is 0.336 e. The van der Waals surface area contributed by atoms with Crippen molar-refractivity contribution in [3.63, 3.8) is 0 Å². The van der Waals surface area contributed by atoms with Crippen LogP contribution in [-0.2, 0) is 27.4 Å². The third-order valence-electron chi connectivity index (χ3n) is 2.22. The predicted octanol–water partition coefficient (Wildman–Crippen LogP) is 1.34. The largest absolute Gasteiger partial charge is 0.478 e. The summed E-state index contributed by atoms with van der Waals surface area (Å²) < 4.78 is 9.10. The molecule has 0 aromatic heterocycles. The second kappa shape index (κ2) is 10.7. The summed E-state index contributed by atoms with van der Waals surface area (Å²) >= 11 is 0. The molecule has 1 rings (SSSR count). The number of ether oxygens (including phenoxy) is 2. The van der Waals surface area contributed by atoms with Gasteiger partial charge in [-0.15, -0.1) is 0 Å². The number of hydrogen-bond acceptors (Lipinski definition) is 5. The van der Waals surface area contributed by atoms with Gasteiger partial charge in [-0.05, 0) is 17.2 Å². The van der Waals surface area contributed by atoms with Crippen LogP contribution < -0.4 is 5.73 Å². The van der Waals surface area contributed by atoms with E-state index in [0.29, 0.717) is 25.2 Å². The Morgan fingerprint density at radius 3 is 2.60 bits per heavy atom. The van der Waals surface area contributed by atoms with Gasteiger partial charge >= 0.3 is 5.97 Å². The Labute approximate surface area is 117 Å². The first-order chi connectivity index (χ1) is 9.60. The lowest BCUT2D eigenvalue weighted by molar-refractivity contribution is -0.127. The van der Waals surface area contributed by atoms with Gasteiger partial charge in [0.1, 0.15) is 6.61 Å². The standard InChI is InChI=1S/C10H13NO3.C4H6O2/c1-14-6-8-4-7(5-11)2-3-9(8)10(12)13;1-2-3-6-4-5/h2-4H,5-6,11H2,1H3,(H,12,13);2,4H,1,3H2. The van der Waals surface area contributed by atoms with Gasteiger partial charge in [0.2, 0.25) is 0 Å². The fourth-order valence-electron chi connectivity index (χ4n) is 1.36. The highest BCUT2D eigenvalue weighted by molar-refractivity contribution is 5.89. The third kappa shape index (κ3) is 6.67. The minimum Gasteiger partial charge on any atom is -0.478 e. The number of carbonyl (C=O) groups excluding carboxylic acids is 1. The van der Waals surface area contributed by atoms with Crippen molar-refractivity contribution in [3.05, 3.63) is 47.5 Å². The van der Waals surface area contributed by atoms with Crippen molar-refractivity contribution >= 4 is 12.4 Å². The average molecular weight is 281 g/mol. The molecule has 0 aliphatic carbocycles. The van der Waals surface area contributed by atoms with Crippen LogP contribution in [0.2, 0.25) is 0 Å². The van der Waals surface area contributed by atoms with Crippen LogP contribution in [0.3, 0.4) is 0 Å². The Morgan fingerprint density at radius 1 is 1.50 bits per heavy atom. The Kier molecular flexibility index (Phi) is 9.55. The molecule has 3 N–H and O–H groups in total. The molecule has 0 heterocycles. The van der Waals surface area contributed by atoms with Gasteiger partial charge in [0.05, 0.1) is 12.2 Å². The number of benzene rings is 1. The van der Waals surface area contributed by atoms with E-state index in [1.165, 1.54) is 13.2 Å². The summed E-state index contributed by atoms with van der Waals surface area (Å²) in [5, 5.41) is 8.87. The average Bonchev–Trinajstić information content (AvgIpc) is 2.45. The fraction of sp³-hybridized carbons (Fsp3) is 0.286. The summed E-state index contributed by atoms with van der Waals surface area (Å²) in [6.07, 6.45) is 1.51. The summed E-state index contributed by atoms with van der Waals surface area (Å²) in [6.45, 7) is 4.70. The summed E-state index contributed by atoms with van der Waals surface area (Å²) in [5.74, 6) is -0.944. The van der Waals surface area contributed by atoms with Crippen LogP contribution in [-0.4, -0.2) is 31.3 Å². The molecule has 0 aliphatic rings. The maximum absolute atomic E-state index is 10.8. The second-order valence-corrected chi connectivity index (χ2v) is 3.65. The lowest BCUT2D eigenvalue weighted by Crippen LogP contribution is -2.06. The number of aromatic carboxylic acids is 1. The van der Waals surface area contributed by atoms with Gasteiger partial charge in [-0.3, -0.25) is 4.79 Å². The molecule has 20 heavy (non-hydrogen) atoms. The van der Waals surface area contributed by atoms with Crippen LogP contribution in [0.25, 0.3) is 0 Å². The molecule has 0 fully saturated rings. The SMILES string of the molecule is C=CCOC=O.COCc1cc(CN)ccc1C(=O)O. The maximum Gasteiger partial charge on any atom is 0.336 e. The highest BCUT2D eigenvalue weighted by atomic mass is 16.5. The van der Waals surface area contributed by atoms with E-state index >= 15 is 0 Å². The quantitative estimate of drug-likeness (QED) is 0.444. The van der Waals surface area contributed by atoms with E-state index < -0.39 is 5.97 Å². The van der Waals surface area contributed by atoms with Gasteiger partial charge < -0.3 is 20.3 Å². The molecule has 0 saturated heterocycles. The van der Waals surface area contributed by atoms with E-state index in [-0.39, 0.29) is 12.2 Å². The van der Waals surface area contributed by atoms with E-state index in [1.807, 2.05) is 0 Å². The first-order valence-electron chi connectivity index (χ1n) is 5.80. The number of rotatable bonds is 7. The van der Waals surface area contributed by atoms with Crippen LogP contribution in [0.4, 0.5) is 0 Å². The van der Waals surface area contributed by atoms with E-state index in [1.54, 1.807) is 18.2 Å². The van der Waals surface area contributed by atoms with Crippen molar-refractivity contribution in [2.45, 2.75) is 13.2 Å². The van der Waals surface area contributed by atoms with Crippen LogP contribution in [0.1, 0.15) is 21.5 Å². The third-order valence-corrected chi connectivity index (χ3v) is 2.22. The predicted molar refractivity (Wildman–Crippen MR) is 74.2 cm³/mol. The molecule has 1 aromatic carbocycles. The number of hydrogen-bond donors (Lipinski definition) is 2. The zero-order chi connectivity index (χ0) is 15.4. The molecule has 6 heteroatoms. The highest BCUT2D eigenvalue weighted by Gasteiger charge is 2.09. The second-order valence-electron chi connectivity index (χ2n) is 3.65. The van der Waals surface area contributed by atoms with Crippen molar-refractivity contribution in [1.82, 2.24) is 0 Å². The lowest BCUT2D eigenvalue weighted by Gasteiger charge is -2.06. The first kappa shape index (κ1) is 17.8. The molecular formula is C14H19NO5. The fourth-order valence-corrected chi connectivity index (χ4v) is 1.36. The van der Waals surface area contributed by atoms with Gasteiger partial charge in [-0.2, -0.15) is 0 Å². The van der Waals surface area contributed by atoms with Crippen molar-refractivity contribution in [3.8, 4) is 0 Å². The van der Waals surface area contributed by atoms with Crippen molar-refractivity contribution in [2.75, 3.05) is 13.7 Å². The van der Waals surface area contributed by atoms with E-state index in [9.17, 15) is 9.59 Å². The van der Waals surface area contributed by atoms with Crippen molar-refractivity contribution in [2.24, 2.45) is 5.73 Å². The van der Waals surface area contributed by atoms with Gasteiger partial charge in [-0.25, -0.2) is 4.79 Å². The Hall–Kier alpha value is -2.18. The van der Waals surface area contributed by atoms with Crippen LogP contribution in [0, 0.1) is 0 Å². The number of carboxylic acids is 1. The Bertz CT molecular complexity index is 437. The Morgan fingerprint density at radius 2 is 2.20 bits per heavy atom. The molecule has 0 amide bonds. The molecule has 0 saturated carbocycles. The minimum absolute atomic E-state index is 0.268. The maximum atomic E-state index is 10.8. The molecular weight excluding hydrogens is 262 g/mol. The lowest BCUT2D eigenvalue weighted by atomic mass is 10.0. The molecule has 1 aromatic rings. The number of carboxylic acid groups (broad SMARTS) is 1. The first-order valence-corrected chi connectivity index (χ1v) is 5.80. The van der Waals surface area contributed by atoms with Gasteiger partial charge in [0.15, 0.2) is 0 Å². The number of methoxy groups -OCH3 is 1. The molecule has 0 radical (unpaired) electrons. The number of nitrogens with two attached hydrogens (primary N) is 1. The normalized spacial score (nSPS) is 9.10. The summed E-state index contributed by atoms with van der Waals surface area (Å²) in [4.78, 5) is 20.1. The van der Waals surface area contributed by atoms with Crippen LogP contribution >= 0.6 is 0 Å². The molecule has 6 nitrogen and oxygen atoms in total. The molecule has 0 aliphatic heterocycles. The van der Waals surface area contributed by atoms with Crippen molar-refractivity contribution < 1.29 is 24.2 Å². The molecule has 110 valence electrons. The minimum atomic E-state index is -0.944. The number of carbonyl (C=O) groups is 2. The van der Waals surface area contributed by atoms with Crippen molar-refractivity contribution in [1.29, 1.82) is 0 Å². The summed E-state index contributed by atoms with van der Waals surface area (Å²) in [6, 6.07) is 5.02. The Balaban J connectivity index is 0.000000511. The molecule has 0 unspecified atom stereocenters. The van der Waals surface area contributed by atoms with Gasteiger partial charge in [0, 0.05) is 13.7 Å². The zero-order valence-electron chi connectivity index (χ0n) is 11.4. The van der Waals surface area contributed by atoms with Crippen LogP contribution in [0.15, 0.2) is 30.9 Å². The van der Waals surface area contributed by atoms with Gasteiger partial charge in [0.25, 0.3) is 6.47 Å². The van der Waals surface area contributed by atoms with Gasteiger partial charge in [-0.1, -0.05) is 24.8 Å². The topological polar surface area (TPSA) is 98.9 Å². The molecule has 0 spiro atoms. The highest BCUT2D eigenvalue weighted by Crippen LogP contribution is 2.13. The zero-order valence-corrected chi connectivity index (χ0v) is 11.4. The molecule has 0 bridgehead atoms. The van der Waals surface area contributed by atoms with E-state index in [0.717, 1.165) is 5.56 Å².